The number of halogens is 6. The molecule has 6 nitrogen and oxygen atoms in total. The topological polar surface area (TPSA) is 71.2 Å². The molecule has 0 amide bonds. The van der Waals surface area contributed by atoms with E-state index >= 15 is 0 Å². The molecule has 1 aliphatic rings. The lowest BCUT2D eigenvalue weighted by atomic mass is 9.97. The maximum Gasteiger partial charge on any atom is 0.458 e. The number of hydrogen-bond donors (Lipinski definition) is 1. The van der Waals surface area contributed by atoms with E-state index in [-0.39, 0.29) is 47.6 Å². The fourth-order valence-electron chi connectivity index (χ4n) is 3.61. The number of thiophene rings is 1. The van der Waals surface area contributed by atoms with E-state index in [0.29, 0.717) is 17.2 Å². The number of benzene rings is 1. The van der Waals surface area contributed by atoms with Gasteiger partial charge in [-0.3, -0.25) is 4.57 Å². The van der Waals surface area contributed by atoms with E-state index in [1.807, 2.05) is 0 Å². The van der Waals surface area contributed by atoms with E-state index in [0.717, 1.165) is 10.6 Å². The molecule has 1 aromatic carbocycles. The van der Waals surface area contributed by atoms with Gasteiger partial charge in [0.25, 0.3) is 0 Å². The molecule has 0 saturated carbocycles. The molecule has 1 aliphatic heterocycles. The van der Waals surface area contributed by atoms with E-state index in [1.165, 1.54) is 19.1 Å². The van der Waals surface area contributed by atoms with Gasteiger partial charge in [-0.1, -0.05) is 18.2 Å². The molecule has 0 radical (unpaired) electrons. The molecule has 0 bridgehead atoms. The highest BCUT2D eigenvalue weighted by Gasteiger charge is 2.59. The average Bonchev–Trinajstić information content (AvgIpc) is 3.25. The summed E-state index contributed by atoms with van der Waals surface area (Å²) in [6.45, 7) is 1.52. The first-order valence-corrected chi connectivity index (χ1v) is 11.1. The highest BCUT2D eigenvalue weighted by atomic mass is 32.1. The predicted octanol–water partition coefficient (Wildman–Crippen LogP) is 4.11. The van der Waals surface area contributed by atoms with Crippen LogP contribution in [0.1, 0.15) is 21.1 Å². The average molecular weight is 516 g/mol. The normalized spacial score (nSPS) is 17.0. The van der Waals surface area contributed by atoms with Gasteiger partial charge in [0.15, 0.2) is 0 Å². The number of hydrogen-bond acceptors (Lipinski definition) is 6. The Labute approximate surface area is 198 Å². The first-order valence-electron chi connectivity index (χ1n) is 10.2. The van der Waals surface area contributed by atoms with Crippen molar-refractivity contribution in [3.8, 4) is 0 Å². The Morgan fingerprint density at radius 1 is 1.09 bits per heavy atom. The van der Waals surface area contributed by atoms with Crippen LogP contribution in [0.2, 0.25) is 0 Å². The Kier molecular flexibility index (Phi) is 6.49. The van der Waals surface area contributed by atoms with Crippen LogP contribution in [0, 0.1) is 12.7 Å². The number of β-amino-alcohol motifs (C(OH)–C–C–N with tert-alkyl or cyclic N) is 1. The fourth-order valence-corrected chi connectivity index (χ4v) is 4.60. The number of alkyl halides is 5. The number of anilines is 1. The van der Waals surface area contributed by atoms with Crippen molar-refractivity contribution in [3.05, 3.63) is 79.9 Å². The maximum atomic E-state index is 13.6. The number of nitrogens with zero attached hydrogens (tertiary/aromatic N) is 4. The monoisotopic (exact) mass is 516 g/mol. The standard InChI is InChI=1S/C22H18F6N4O2S/c1-12-29-19(31-9-8-16(17(33)11-31)13-2-4-14(23)5-3-13)30-20(34)32(12)10-15-6-7-18(35-15)21(24,25)22(26,27)28/h2-8,17,33H,9-11H2,1H3. The Morgan fingerprint density at radius 3 is 2.37 bits per heavy atom. The van der Waals surface area contributed by atoms with E-state index in [2.05, 4.69) is 9.97 Å². The van der Waals surface area contributed by atoms with E-state index in [9.17, 15) is 36.2 Å². The van der Waals surface area contributed by atoms with Gasteiger partial charge >= 0.3 is 17.8 Å². The molecular formula is C22H18F6N4O2S. The summed E-state index contributed by atoms with van der Waals surface area (Å²) in [7, 11) is 0. The third-order valence-electron chi connectivity index (χ3n) is 5.46. The molecule has 4 rings (SSSR count). The molecule has 186 valence electrons. The third kappa shape index (κ3) is 4.96. The van der Waals surface area contributed by atoms with Crippen molar-refractivity contribution in [2.75, 3.05) is 18.0 Å². The summed E-state index contributed by atoms with van der Waals surface area (Å²) in [5, 5.41) is 10.6. The van der Waals surface area contributed by atoms with Crippen LogP contribution in [0.4, 0.5) is 32.3 Å². The van der Waals surface area contributed by atoms with Gasteiger partial charge in [-0.05, 0) is 42.3 Å². The minimum absolute atomic E-state index is 0.0349. The van der Waals surface area contributed by atoms with Crippen molar-refractivity contribution in [2.45, 2.75) is 31.7 Å². The first kappa shape index (κ1) is 24.9. The largest absolute Gasteiger partial charge is 0.458 e. The predicted molar refractivity (Wildman–Crippen MR) is 117 cm³/mol. The zero-order valence-electron chi connectivity index (χ0n) is 18.1. The van der Waals surface area contributed by atoms with Crippen LogP contribution in [0.3, 0.4) is 0 Å². The Hall–Kier alpha value is -3.19. The van der Waals surface area contributed by atoms with Crippen LogP contribution in [0.5, 0.6) is 0 Å². The molecular weight excluding hydrogens is 498 g/mol. The SMILES string of the molecule is Cc1nc(N2CC=C(c3ccc(F)cc3)C(O)C2)nc(=O)n1Cc1ccc(C(F)(F)C(F)(F)F)s1. The van der Waals surface area contributed by atoms with Crippen LogP contribution >= 0.6 is 11.3 Å². The van der Waals surface area contributed by atoms with Crippen molar-refractivity contribution in [1.82, 2.24) is 14.5 Å². The summed E-state index contributed by atoms with van der Waals surface area (Å²) in [5.41, 5.74) is 0.473. The smallest absolute Gasteiger partial charge is 0.387 e. The fraction of sp³-hybridized carbons (Fsp3) is 0.318. The molecule has 0 fully saturated rings. The second kappa shape index (κ2) is 9.11. The van der Waals surface area contributed by atoms with Crippen LogP contribution in [0.15, 0.2) is 47.3 Å². The summed E-state index contributed by atoms with van der Waals surface area (Å²) in [4.78, 5) is 21.3. The van der Waals surface area contributed by atoms with Gasteiger partial charge in [0.2, 0.25) is 5.95 Å². The Balaban J connectivity index is 1.53. The Morgan fingerprint density at radius 2 is 1.77 bits per heavy atom. The summed E-state index contributed by atoms with van der Waals surface area (Å²) in [6, 6.07) is 7.43. The number of aliphatic hydroxyl groups excluding tert-OH is 1. The maximum absolute atomic E-state index is 13.6. The highest BCUT2D eigenvalue weighted by molar-refractivity contribution is 7.12. The number of rotatable bonds is 5. The van der Waals surface area contributed by atoms with Gasteiger partial charge in [0.05, 0.1) is 24.1 Å². The second-order valence-corrected chi connectivity index (χ2v) is 9.03. The molecule has 3 heterocycles. The number of aromatic nitrogens is 3. The molecule has 1 N–H and O–H groups in total. The number of aryl methyl sites for hydroxylation is 1. The van der Waals surface area contributed by atoms with Gasteiger partial charge < -0.3 is 10.0 Å². The van der Waals surface area contributed by atoms with E-state index in [1.54, 1.807) is 23.1 Å². The van der Waals surface area contributed by atoms with Crippen molar-refractivity contribution in [1.29, 1.82) is 0 Å². The van der Waals surface area contributed by atoms with Gasteiger partial charge in [0, 0.05) is 11.4 Å². The quantitative estimate of drug-likeness (QED) is 0.517. The van der Waals surface area contributed by atoms with Crippen molar-refractivity contribution in [3.63, 3.8) is 0 Å². The van der Waals surface area contributed by atoms with Gasteiger partial charge in [-0.2, -0.15) is 31.9 Å². The van der Waals surface area contributed by atoms with Crippen molar-refractivity contribution < 1.29 is 31.4 Å². The summed E-state index contributed by atoms with van der Waals surface area (Å²) < 4.78 is 79.2. The summed E-state index contributed by atoms with van der Waals surface area (Å²) >= 11 is 0.250. The molecule has 0 spiro atoms. The zero-order valence-corrected chi connectivity index (χ0v) is 18.9. The van der Waals surface area contributed by atoms with Crippen molar-refractivity contribution in [2.24, 2.45) is 0 Å². The van der Waals surface area contributed by atoms with Gasteiger partial charge in [-0.25, -0.2) is 9.18 Å². The zero-order chi connectivity index (χ0) is 25.5. The van der Waals surface area contributed by atoms with Crippen LogP contribution in [0.25, 0.3) is 5.57 Å². The van der Waals surface area contributed by atoms with Crippen LogP contribution in [-0.4, -0.2) is 45.0 Å². The summed E-state index contributed by atoms with van der Waals surface area (Å²) in [5.74, 6) is -5.20. The molecule has 3 aromatic rings. The van der Waals surface area contributed by atoms with E-state index in [4.69, 9.17) is 0 Å². The molecule has 1 atom stereocenters. The van der Waals surface area contributed by atoms with Crippen LogP contribution < -0.4 is 10.6 Å². The minimum Gasteiger partial charge on any atom is -0.387 e. The van der Waals surface area contributed by atoms with Gasteiger partial charge in [-0.15, -0.1) is 11.3 Å². The third-order valence-corrected chi connectivity index (χ3v) is 6.60. The lowest BCUT2D eigenvalue weighted by Gasteiger charge is -2.30. The highest BCUT2D eigenvalue weighted by Crippen LogP contribution is 2.46. The molecule has 2 aromatic heterocycles. The minimum atomic E-state index is -5.73. The van der Waals surface area contributed by atoms with Crippen LogP contribution in [-0.2, 0) is 12.5 Å². The lowest BCUT2D eigenvalue weighted by Crippen LogP contribution is -2.40. The lowest BCUT2D eigenvalue weighted by molar-refractivity contribution is -0.287. The molecule has 35 heavy (non-hydrogen) atoms. The molecule has 0 saturated heterocycles. The molecule has 13 heteroatoms. The van der Waals surface area contributed by atoms with E-state index < -0.39 is 34.6 Å². The van der Waals surface area contributed by atoms with Gasteiger partial charge in [0.1, 0.15) is 11.6 Å². The number of aliphatic hydroxyl groups is 1. The van der Waals surface area contributed by atoms with Crippen molar-refractivity contribution >= 4 is 22.9 Å². The summed E-state index contributed by atoms with van der Waals surface area (Å²) in [6.07, 6.45) is -4.98. The second-order valence-electron chi connectivity index (χ2n) is 7.86. The molecule has 0 aliphatic carbocycles. The Bertz CT molecular complexity index is 1320. The first-order chi connectivity index (χ1) is 16.4. The molecule has 1 unspecified atom stereocenters.